The first kappa shape index (κ1) is 13.9. The van der Waals surface area contributed by atoms with Crippen molar-refractivity contribution in [2.75, 3.05) is 0 Å². The highest BCUT2D eigenvalue weighted by Crippen LogP contribution is 2.18. The Morgan fingerprint density at radius 3 is 2.29 bits per heavy atom. The molecule has 0 fully saturated rings. The lowest BCUT2D eigenvalue weighted by molar-refractivity contribution is -0.421. The summed E-state index contributed by atoms with van der Waals surface area (Å²) < 4.78 is 0. The Morgan fingerprint density at radius 1 is 1.29 bits per heavy atom. The van der Waals surface area contributed by atoms with Gasteiger partial charge in [-0.25, -0.2) is 9.78 Å². The predicted octanol–water partition coefficient (Wildman–Crippen LogP) is 2.88. The molecule has 2 atom stereocenters. The molecule has 0 aliphatic heterocycles. The van der Waals surface area contributed by atoms with Gasteiger partial charge < -0.3 is 5.11 Å². The summed E-state index contributed by atoms with van der Waals surface area (Å²) in [7, 11) is 0. The zero-order valence-corrected chi connectivity index (χ0v) is 10.0. The molecule has 14 heavy (non-hydrogen) atoms. The van der Waals surface area contributed by atoms with Crippen molar-refractivity contribution in [1.29, 1.82) is 0 Å². The third-order valence-corrected chi connectivity index (χ3v) is 2.45. The van der Waals surface area contributed by atoms with Crippen LogP contribution in [0.4, 0.5) is 0 Å². The first-order chi connectivity index (χ1) is 6.43. The fourth-order valence-electron chi connectivity index (χ4n) is 0.931. The molecule has 0 bridgehead atoms. The van der Waals surface area contributed by atoms with E-state index in [1.807, 2.05) is 27.7 Å². The minimum Gasteiger partial charge on any atom is -0.365 e. The maximum Gasteiger partial charge on any atom is 0.191 e. The number of hydrogen-bond acceptors (Lipinski definition) is 3. The first-order valence-corrected chi connectivity index (χ1v) is 5.45. The number of rotatable bonds is 7. The van der Waals surface area contributed by atoms with Gasteiger partial charge in [-0.2, -0.15) is 0 Å². The number of hydrogen-bond donors (Lipinski definition) is 1. The van der Waals surface area contributed by atoms with Crippen molar-refractivity contribution in [2.45, 2.75) is 65.8 Å². The van der Waals surface area contributed by atoms with Crippen molar-refractivity contribution >= 4 is 0 Å². The van der Waals surface area contributed by atoms with Crippen LogP contribution in [0.3, 0.4) is 0 Å². The number of aliphatic hydroxyl groups is 1. The normalized spacial score (nSPS) is 16.7. The van der Waals surface area contributed by atoms with Crippen LogP contribution in [0.5, 0.6) is 0 Å². The van der Waals surface area contributed by atoms with E-state index >= 15 is 0 Å². The molecule has 3 nitrogen and oxygen atoms in total. The van der Waals surface area contributed by atoms with Gasteiger partial charge in [-0.05, 0) is 26.7 Å². The van der Waals surface area contributed by atoms with E-state index in [0.717, 1.165) is 19.3 Å². The molecule has 0 heterocycles. The highest BCUT2D eigenvalue weighted by atomic mass is 17.2. The Bertz CT molecular complexity index is 145. The second kappa shape index (κ2) is 6.38. The van der Waals surface area contributed by atoms with Gasteiger partial charge >= 0.3 is 0 Å². The Hall–Kier alpha value is -0.120. The van der Waals surface area contributed by atoms with Crippen LogP contribution in [-0.2, 0) is 9.78 Å². The zero-order valence-electron chi connectivity index (χ0n) is 10.0. The molecule has 0 saturated carbocycles. The summed E-state index contributed by atoms with van der Waals surface area (Å²) in [6.45, 7) is 9.93. The fraction of sp³-hybridized carbons (Fsp3) is 1.00. The molecule has 3 heteroatoms. The van der Waals surface area contributed by atoms with E-state index in [1.165, 1.54) is 0 Å². The fourth-order valence-corrected chi connectivity index (χ4v) is 0.931. The number of aliphatic hydroxyl groups excluding tert-OH is 1. The van der Waals surface area contributed by atoms with Crippen LogP contribution < -0.4 is 0 Å². The van der Waals surface area contributed by atoms with E-state index < -0.39 is 6.29 Å². The van der Waals surface area contributed by atoms with E-state index in [0.29, 0.717) is 0 Å². The maximum absolute atomic E-state index is 9.56. The molecule has 0 aliphatic rings. The quantitative estimate of drug-likeness (QED) is 0.394. The second-order valence-electron chi connectivity index (χ2n) is 4.45. The monoisotopic (exact) mass is 204 g/mol. The van der Waals surface area contributed by atoms with Gasteiger partial charge in [0, 0.05) is 5.92 Å². The van der Waals surface area contributed by atoms with Gasteiger partial charge in [0.1, 0.15) is 0 Å². The molecule has 0 aliphatic carbocycles. The van der Waals surface area contributed by atoms with Gasteiger partial charge in [0.05, 0.1) is 5.60 Å². The van der Waals surface area contributed by atoms with Crippen LogP contribution in [0.25, 0.3) is 0 Å². The maximum atomic E-state index is 9.56. The minimum atomic E-state index is -0.819. The summed E-state index contributed by atoms with van der Waals surface area (Å²) in [5.41, 5.74) is -0.326. The molecule has 1 N–H and O–H groups in total. The largest absolute Gasteiger partial charge is 0.365 e. The van der Waals surface area contributed by atoms with E-state index in [9.17, 15) is 5.11 Å². The molecule has 86 valence electrons. The lowest BCUT2D eigenvalue weighted by atomic mass is 10.1. The van der Waals surface area contributed by atoms with E-state index in [-0.39, 0.29) is 11.5 Å². The highest BCUT2D eigenvalue weighted by molar-refractivity contribution is 4.62. The van der Waals surface area contributed by atoms with Crippen molar-refractivity contribution in [1.82, 2.24) is 0 Å². The predicted molar refractivity (Wildman–Crippen MR) is 56.6 cm³/mol. The first-order valence-electron chi connectivity index (χ1n) is 5.45. The van der Waals surface area contributed by atoms with Gasteiger partial charge in [-0.3, -0.25) is 0 Å². The topological polar surface area (TPSA) is 38.7 Å². The lowest BCUT2D eigenvalue weighted by Crippen LogP contribution is -2.29. The average molecular weight is 204 g/mol. The molecule has 0 radical (unpaired) electrons. The molecule has 0 saturated heterocycles. The van der Waals surface area contributed by atoms with Crippen LogP contribution >= 0.6 is 0 Å². The van der Waals surface area contributed by atoms with Crippen molar-refractivity contribution in [3.05, 3.63) is 0 Å². The van der Waals surface area contributed by atoms with Gasteiger partial charge in [0.2, 0.25) is 0 Å². The smallest absolute Gasteiger partial charge is 0.191 e. The molecule has 0 spiro atoms. The molecule has 0 amide bonds. The van der Waals surface area contributed by atoms with E-state index in [2.05, 4.69) is 6.92 Å². The van der Waals surface area contributed by atoms with Gasteiger partial charge in [-0.1, -0.05) is 27.2 Å². The van der Waals surface area contributed by atoms with Crippen LogP contribution in [0, 0.1) is 5.92 Å². The molecule has 0 aromatic rings. The third kappa shape index (κ3) is 5.58. The highest BCUT2D eigenvalue weighted by Gasteiger charge is 2.21. The van der Waals surface area contributed by atoms with Crippen molar-refractivity contribution in [3.8, 4) is 0 Å². The van der Waals surface area contributed by atoms with Gasteiger partial charge in [-0.15, -0.1) is 0 Å². The van der Waals surface area contributed by atoms with Crippen LogP contribution in [0.15, 0.2) is 0 Å². The second-order valence-corrected chi connectivity index (χ2v) is 4.45. The summed E-state index contributed by atoms with van der Waals surface area (Å²) >= 11 is 0. The standard InChI is InChI=1S/C11H24O3/c1-6-8-9(3)10(12)13-14-11(4,5)7-2/h9-10,12H,6-8H2,1-5H3. The summed E-state index contributed by atoms with van der Waals surface area (Å²) in [6.07, 6.45) is 2.01. The Balaban J connectivity index is 3.77. The molecule has 0 aromatic carbocycles. The van der Waals surface area contributed by atoms with E-state index in [4.69, 9.17) is 9.78 Å². The summed E-state index contributed by atoms with van der Waals surface area (Å²) in [6, 6.07) is 0. The minimum absolute atomic E-state index is 0.118. The van der Waals surface area contributed by atoms with Crippen LogP contribution in [0.1, 0.15) is 53.9 Å². The summed E-state index contributed by atoms with van der Waals surface area (Å²) in [5, 5.41) is 9.56. The zero-order chi connectivity index (χ0) is 11.2. The molecule has 0 rings (SSSR count). The SMILES string of the molecule is CCCC(C)C(O)OOC(C)(C)CC. The Labute approximate surface area is 87.3 Å². The third-order valence-electron chi connectivity index (χ3n) is 2.45. The molecule has 0 aromatic heterocycles. The molecular weight excluding hydrogens is 180 g/mol. The molecular formula is C11H24O3. The summed E-state index contributed by atoms with van der Waals surface area (Å²) in [5.74, 6) is 0.118. The van der Waals surface area contributed by atoms with Gasteiger partial charge in [0.25, 0.3) is 0 Å². The van der Waals surface area contributed by atoms with Crippen molar-refractivity contribution in [2.24, 2.45) is 5.92 Å². The Kier molecular flexibility index (Phi) is 6.33. The van der Waals surface area contributed by atoms with Gasteiger partial charge in [0.15, 0.2) is 6.29 Å². The molecule has 2 unspecified atom stereocenters. The van der Waals surface area contributed by atoms with Crippen LogP contribution in [0.2, 0.25) is 0 Å². The lowest BCUT2D eigenvalue weighted by Gasteiger charge is -2.25. The van der Waals surface area contributed by atoms with Crippen molar-refractivity contribution < 1.29 is 14.9 Å². The Morgan fingerprint density at radius 2 is 1.86 bits per heavy atom. The van der Waals surface area contributed by atoms with Crippen molar-refractivity contribution in [3.63, 3.8) is 0 Å². The van der Waals surface area contributed by atoms with E-state index in [1.54, 1.807) is 0 Å². The average Bonchev–Trinajstić information content (AvgIpc) is 2.15. The van der Waals surface area contributed by atoms with Crippen LogP contribution in [-0.4, -0.2) is 17.0 Å². The summed E-state index contributed by atoms with van der Waals surface area (Å²) in [4.78, 5) is 10.1.